The van der Waals surface area contributed by atoms with Crippen molar-refractivity contribution in [3.05, 3.63) is 11.6 Å². The minimum atomic E-state index is 0.742. The molecule has 0 saturated heterocycles. The molecule has 0 atom stereocenters. The molecule has 1 nitrogen and oxygen atoms in total. The van der Waals surface area contributed by atoms with Crippen LogP contribution in [-0.4, -0.2) is 6.54 Å². The van der Waals surface area contributed by atoms with Gasteiger partial charge in [-0.05, 0) is 19.8 Å². The van der Waals surface area contributed by atoms with Crippen LogP contribution >= 0.6 is 0 Å². The van der Waals surface area contributed by atoms with Crippen molar-refractivity contribution in [3.63, 3.8) is 0 Å². The molecule has 14 heavy (non-hydrogen) atoms. The zero-order valence-corrected chi connectivity index (χ0v) is 10.0. The summed E-state index contributed by atoms with van der Waals surface area (Å²) in [5.74, 6) is 0. The van der Waals surface area contributed by atoms with Crippen LogP contribution in [0.3, 0.4) is 0 Å². The summed E-state index contributed by atoms with van der Waals surface area (Å²) in [6.45, 7) is 5.09. The predicted molar refractivity (Wildman–Crippen MR) is 65.4 cm³/mol. The second-order valence-electron chi connectivity index (χ2n) is 4.02. The van der Waals surface area contributed by atoms with E-state index < -0.39 is 0 Å². The monoisotopic (exact) mass is 197 g/mol. The van der Waals surface area contributed by atoms with Gasteiger partial charge in [-0.15, -0.1) is 0 Å². The Labute approximate surface area is 89.8 Å². The second kappa shape index (κ2) is 10.8. The summed E-state index contributed by atoms with van der Waals surface area (Å²) in [7, 11) is 0. The molecule has 0 rings (SSSR count). The molecule has 0 spiro atoms. The SMILES string of the molecule is CC=C(CN)CCCCCCCCC. The number of nitrogens with two attached hydrogens (primary N) is 1. The Kier molecular flexibility index (Phi) is 10.5. The van der Waals surface area contributed by atoms with Crippen LogP contribution in [-0.2, 0) is 0 Å². The molecular formula is C13H27N. The third-order valence-electron chi connectivity index (χ3n) is 2.77. The van der Waals surface area contributed by atoms with Gasteiger partial charge in [0, 0.05) is 6.54 Å². The highest BCUT2D eigenvalue weighted by atomic mass is 14.5. The van der Waals surface area contributed by atoms with Gasteiger partial charge < -0.3 is 5.73 Å². The Balaban J connectivity index is 3.13. The largest absolute Gasteiger partial charge is 0.327 e. The summed E-state index contributed by atoms with van der Waals surface area (Å²) in [5, 5.41) is 0. The van der Waals surface area contributed by atoms with Crippen molar-refractivity contribution in [2.45, 2.75) is 65.2 Å². The van der Waals surface area contributed by atoms with Gasteiger partial charge in [0.25, 0.3) is 0 Å². The Morgan fingerprint density at radius 3 is 2.07 bits per heavy atom. The van der Waals surface area contributed by atoms with Gasteiger partial charge in [0.15, 0.2) is 0 Å². The fraction of sp³-hybridized carbons (Fsp3) is 0.846. The van der Waals surface area contributed by atoms with Crippen molar-refractivity contribution in [1.29, 1.82) is 0 Å². The van der Waals surface area contributed by atoms with Gasteiger partial charge >= 0.3 is 0 Å². The van der Waals surface area contributed by atoms with E-state index in [1.54, 1.807) is 0 Å². The van der Waals surface area contributed by atoms with E-state index in [0.29, 0.717) is 0 Å². The minimum absolute atomic E-state index is 0.742. The Hall–Kier alpha value is -0.300. The van der Waals surface area contributed by atoms with Gasteiger partial charge in [0.2, 0.25) is 0 Å². The molecule has 84 valence electrons. The minimum Gasteiger partial charge on any atom is -0.327 e. The van der Waals surface area contributed by atoms with E-state index in [9.17, 15) is 0 Å². The van der Waals surface area contributed by atoms with Crippen LogP contribution in [0.25, 0.3) is 0 Å². The summed E-state index contributed by atoms with van der Waals surface area (Å²) in [5.41, 5.74) is 7.01. The molecule has 0 bridgehead atoms. The molecule has 1 heteroatoms. The quantitative estimate of drug-likeness (QED) is 0.438. The van der Waals surface area contributed by atoms with Gasteiger partial charge in [-0.2, -0.15) is 0 Å². The third-order valence-corrected chi connectivity index (χ3v) is 2.77. The van der Waals surface area contributed by atoms with Crippen LogP contribution in [0.15, 0.2) is 11.6 Å². The molecule has 0 aromatic carbocycles. The first-order valence-electron chi connectivity index (χ1n) is 6.19. The first-order chi connectivity index (χ1) is 6.85. The highest BCUT2D eigenvalue weighted by molar-refractivity contribution is 5.01. The van der Waals surface area contributed by atoms with Crippen molar-refractivity contribution >= 4 is 0 Å². The zero-order valence-electron chi connectivity index (χ0n) is 10.0. The molecule has 0 amide bonds. The van der Waals surface area contributed by atoms with Crippen molar-refractivity contribution < 1.29 is 0 Å². The van der Waals surface area contributed by atoms with Crippen molar-refractivity contribution in [2.75, 3.05) is 6.54 Å². The Morgan fingerprint density at radius 1 is 1.00 bits per heavy atom. The molecule has 0 radical (unpaired) electrons. The molecular weight excluding hydrogens is 170 g/mol. The van der Waals surface area contributed by atoms with Crippen molar-refractivity contribution in [3.8, 4) is 0 Å². The van der Waals surface area contributed by atoms with Crippen LogP contribution in [0.4, 0.5) is 0 Å². The average Bonchev–Trinajstić information content (AvgIpc) is 2.22. The van der Waals surface area contributed by atoms with Crippen LogP contribution in [0.5, 0.6) is 0 Å². The number of allylic oxidation sites excluding steroid dienone is 1. The molecule has 0 heterocycles. The third kappa shape index (κ3) is 8.31. The standard InChI is InChI=1S/C13H27N/c1-3-5-6-7-8-9-10-11-13(4-2)12-14/h4H,3,5-12,14H2,1-2H3. The van der Waals surface area contributed by atoms with Crippen molar-refractivity contribution in [2.24, 2.45) is 5.73 Å². The van der Waals surface area contributed by atoms with Gasteiger partial charge in [-0.1, -0.05) is 57.1 Å². The molecule has 0 aromatic rings. The van der Waals surface area contributed by atoms with E-state index in [1.807, 2.05) is 0 Å². The number of hydrogen-bond donors (Lipinski definition) is 1. The van der Waals surface area contributed by atoms with Gasteiger partial charge in [-0.25, -0.2) is 0 Å². The first kappa shape index (κ1) is 13.7. The molecule has 0 aromatic heterocycles. The van der Waals surface area contributed by atoms with Gasteiger partial charge in [0.1, 0.15) is 0 Å². The smallest absolute Gasteiger partial charge is 0.0136 e. The molecule has 0 saturated carbocycles. The fourth-order valence-corrected chi connectivity index (χ4v) is 1.67. The molecule has 0 fully saturated rings. The normalized spacial score (nSPS) is 12.1. The lowest BCUT2D eigenvalue weighted by molar-refractivity contribution is 0.587. The number of unbranched alkanes of at least 4 members (excludes halogenated alkanes) is 6. The second-order valence-corrected chi connectivity index (χ2v) is 4.02. The summed E-state index contributed by atoms with van der Waals surface area (Å²) < 4.78 is 0. The lowest BCUT2D eigenvalue weighted by Gasteiger charge is -2.03. The topological polar surface area (TPSA) is 26.0 Å². The van der Waals surface area contributed by atoms with Crippen LogP contribution in [0.1, 0.15) is 65.2 Å². The van der Waals surface area contributed by atoms with Gasteiger partial charge in [-0.3, -0.25) is 0 Å². The molecule has 0 aliphatic carbocycles. The summed E-state index contributed by atoms with van der Waals surface area (Å²) in [6, 6.07) is 0. The first-order valence-corrected chi connectivity index (χ1v) is 6.19. The molecule has 0 aliphatic rings. The highest BCUT2D eigenvalue weighted by Crippen LogP contribution is 2.11. The maximum Gasteiger partial charge on any atom is 0.0136 e. The molecule has 2 N–H and O–H groups in total. The summed E-state index contributed by atoms with van der Waals surface area (Å²) >= 11 is 0. The van der Waals surface area contributed by atoms with E-state index in [0.717, 1.165) is 6.54 Å². The van der Waals surface area contributed by atoms with Gasteiger partial charge in [0.05, 0.1) is 0 Å². The molecule has 0 aliphatic heterocycles. The fourth-order valence-electron chi connectivity index (χ4n) is 1.67. The highest BCUT2D eigenvalue weighted by Gasteiger charge is 1.94. The zero-order chi connectivity index (χ0) is 10.6. The van der Waals surface area contributed by atoms with E-state index in [4.69, 9.17) is 5.73 Å². The van der Waals surface area contributed by atoms with Crippen LogP contribution in [0.2, 0.25) is 0 Å². The maximum atomic E-state index is 5.60. The van der Waals surface area contributed by atoms with E-state index >= 15 is 0 Å². The number of rotatable bonds is 9. The lowest BCUT2D eigenvalue weighted by atomic mass is 10.0. The lowest BCUT2D eigenvalue weighted by Crippen LogP contribution is -2.02. The van der Waals surface area contributed by atoms with E-state index in [2.05, 4.69) is 19.9 Å². The van der Waals surface area contributed by atoms with E-state index in [-0.39, 0.29) is 0 Å². The summed E-state index contributed by atoms with van der Waals surface area (Å²) in [4.78, 5) is 0. The van der Waals surface area contributed by atoms with Crippen molar-refractivity contribution in [1.82, 2.24) is 0 Å². The Morgan fingerprint density at radius 2 is 1.57 bits per heavy atom. The average molecular weight is 197 g/mol. The maximum absolute atomic E-state index is 5.60. The number of hydrogen-bond acceptors (Lipinski definition) is 1. The predicted octanol–water partition coefficient (Wildman–Crippen LogP) is 4.03. The van der Waals surface area contributed by atoms with Crippen LogP contribution in [0, 0.1) is 0 Å². The Bertz CT molecular complexity index is 138. The molecule has 0 unspecified atom stereocenters. The van der Waals surface area contributed by atoms with Crippen LogP contribution < -0.4 is 5.73 Å². The summed E-state index contributed by atoms with van der Waals surface area (Å²) in [6.07, 6.45) is 13.1. The van der Waals surface area contributed by atoms with E-state index in [1.165, 1.54) is 56.9 Å².